The van der Waals surface area contributed by atoms with Crippen LogP contribution in [-0.2, 0) is 10.2 Å². The summed E-state index contributed by atoms with van der Waals surface area (Å²) in [5.74, 6) is 0.858. The van der Waals surface area contributed by atoms with Gasteiger partial charge >= 0.3 is 0 Å². The van der Waals surface area contributed by atoms with Gasteiger partial charge in [-0.15, -0.1) is 0 Å². The standard InChI is InChI=1S/C17H26ClN3O/c1-3-22-12-4-11-20-16(19-2)21-13-17(9-10-17)14-5-7-15(18)8-6-14/h5-8H,3-4,9-13H2,1-2H3,(H2,19,20,21). The zero-order valence-corrected chi connectivity index (χ0v) is 14.2. The highest BCUT2D eigenvalue weighted by molar-refractivity contribution is 6.30. The maximum absolute atomic E-state index is 5.97. The molecule has 0 unspecified atom stereocenters. The third-order valence-electron chi connectivity index (χ3n) is 4.09. The van der Waals surface area contributed by atoms with Gasteiger partial charge in [0.15, 0.2) is 5.96 Å². The number of nitrogens with one attached hydrogen (secondary N) is 2. The van der Waals surface area contributed by atoms with Crippen LogP contribution >= 0.6 is 11.6 Å². The Morgan fingerprint density at radius 1 is 1.27 bits per heavy atom. The van der Waals surface area contributed by atoms with E-state index in [0.717, 1.165) is 43.7 Å². The van der Waals surface area contributed by atoms with Gasteiger partial charge in [-0.3, -0.25) is 4.99 Å². The van der Waals surface area contributed by atoms with Crippen LogP contribution in [0, 0.1) is 0 Å². The molecule has 22 heavy (non-hydrogen) atoms. The van der Waals surface area contributed by atoms with E-state index in [4.69, 9.17) is 16.3 Å². The number of ether oxygens (including phenoxy) is 1. The summed E-state index contributed by atoms with van der Waals surface area (Å²) in [6.07, 6.45) is 3.41. The monoisotopic (exact) mass is 323 g/mol. The first-order valence-electron chi connectivity index (χ1n) is 7.98. The minimum absolute atomic E-state index is 0.244. The van der Waals surface area contributed by atoms with E-state index in [1.165, 1.54) is 18.4 Å². The molecule has 0 radical (unpaired) electrons. The molecule has 1 fully saturated rings. The molecule has 0 saturated heterocycles. The number of aliphatic imine (C=N–C) groups is 1. The fourth-order valence-electron chi connectivity index (χ4n) is 2.52. The second kappa shape index (κ2) is 8.39. The minimum atomic E-state index is 0.244. The van der Waals surface area contributed by atoms with Gasteiger partial charge in [0.25, 0.3) is 0 Å². The first-order valence-corrected chi connectivity index (χ1v) is 8.36. The van der Waals surface area contributed by atoms with Gasteiger partial charge < -0.3 is 15.4 Å². The summed E-state index contributed by atoms with van der Waals surface area (Å²) in [5.41, 5.74) is 1.60. The van der Waals surface area contributed by atoms with E-state index in [1.807, 2.05) is 19.1 Å². The van der Waals surface area contributed by atoms with Crippen molar-refractivity contribution in [2.45, 2.75) is 31.6 Å². The molecule has 0 aromatic heterocycles. The lowest BCUT2D eigenvalue weighted by Crippen LogP contribution is -2.41. The normalized spacial score (nSPS) is 16.4. The van der Waals surface area contributed by atoms with Crippen molar-refractivity contribution in [1.29, 1.82) is 0 Å². The van der Waals surface area contributed by atoms with Crippen molar-refractivity contribution in [3.05, 3.63) is 34.9 Å². The maximum Gasteiger partial charge on any atom is 0.191 e. The molecule has 2 rings (SSSR count). The molecular weight excluding hydrogens is 298 g/mol. The highest BCUT2D eigenvalue weighted by atomic mass is 35.5. The molecule has 0 atom stereocenters. The molecule has 0 bridgehead atoms. The van der Waals surface area contributed by atoms with E-state index in [0.29, 0.717) is 0 Å². The molecule has 1 saturated carbocycles. The highest BCUT2D eigenvalue weighted by Crippen LogP contribution is 2.47. The largest absolute Gasteiger partial charge is 0.382 e. The summed E-state index contributed by atoms with van der Waals surface area (Å²) in [6.45, 7) is 5.35. The number of hydrogen-bond acceptors (Lipinski definition) is 2. The Balaban J connectivity index is 1.77. The third kappa shape index (κ3) is 4.89. The van der Waals surface area contributed by atoms with Crippen molar-refractivity contribution in [3.63, 3.8) is 0 Å². The Kier molecular flexibility index (Phi) is 6.52. The number of halogens is 1. The van der Waals surface area contributed by atoms with Crippen LogP contribution in [0.15, 0.2) is 29.3 Å². The molecule has 0 amide bonds. The van der Waals surface area contributed by atoms with Crippen LogP contribution in [0.25, 0.3) is 0 Å². The molecule has 2 N–H and O–H groups in total. The average Bonchev–Trinajstić information content (AvgIpc) is 3.32. The van der Waals surface area contributed by atoms with Crippen molar-refractivity contribution >= 4 is 17.6 Å². The molecule has 0 spiro atoms. The molecule has 1 aromatic rings. The van der Waals surface area contributed by atoms with Crippen LogP contribution in [-0.4, -0.2) is 39.3 Å². The number of benzene rings is 1. The quantitative estimate of drug-likeness (QED) is 0.439. The molecular formula is C17H26ClN3O. The average molecular weight is 324 g/mol. The first-order chi connectivity index (χ1) is 10.7. The Bertz CT molecular complexity index is 483. The van der Waals surface area contributed by atoms with Gasteiger partial charge in [-0.05, 0) is 43.9 Å². The smallest absolute Gasteiger partial charge is 0.191 e. The van der Waals surface area contributed by atoms with Crippen molar-refractivity contribution in [1.82, 2.24) is 10.6 Å². The second-order valence-corrected chi connectivity index (χ2v) is 6.13. The number of nitrogens with zero attached hydrogens (tertiary/aromatic N) is 1. The van der Waals surface area contributed by atoms with Crippen LogP contribution in [0.2, 0.25) is 5.02 Å². The van der Waals surface area contributed by atoms with Gasteiger partial charge in [0.1, 0.15) is 0 Å². The number of rotatable bonds is 8. The topological polar surface area (TPSA) is 45.6 Å². The van der Waals surface area contributed by atoms with Gasteiger partial charge in [-0.1, -0.05) is 23.7 Å². The summed E-state index contributed by atoms with van der Waals surface area (Å²) in [6, 6.07) is 8.21. The lowest BCUT2D eigenvalue weighted by atomic mass is 9.96. The molecule has 122 valence electrons. The predicted molar refractivity (Wildman–Crippen MR) is 92.8 cm³/mol. The third-order valence-corrected chi connectivity index (χ3v) is 4.34. The summed E-state index contributed by atoms with van der Waals surface area (Å²) in [4.78, 5) is 4.28. The molecule has 1 aliphatic carbocycles. The van der Waals surface area contributed by atoms with Gasteiger partial charge in [-0.2, -0.15) is 0 Å². The Morgan fingerprint density at radius 3 is 2.59 bits per heavy atom. The lowest BCUT2D eigenvalue weighted by molar-refractivity contribution is 0.145. The molecule has 1 aliphatic rings. The lowest BCUT2D eigenvalue weighted by Gasteiger charge is -2.19. The van der Waals surface area contributed by atoms with E-state index in [-0.39, 0.29) is 5.41 Å². The van der Waals surface area contributed by atoms with Crippen molar-refractivity contribution < 1.29 is 4.74 Å². The van der Waals surface area contributed by atoms with E-state index in [2.05, 4.69) is 27.8 Å². The van der Waals surface area contributed by atoms with E-state index in [1.54, 1.807) is 7.05 Å². The highest BCUT2D eigenvalue weighted by Gasteiger charge is 2.44. The maximum atomic E-state index is 5.97. The molecule has 4 nitrogen and oxygen atoms in total. The fraction of sp³-hybridized carbons (Fsp3) is 0.588. The Hall–Kier alpha value is -1.26. The Morgan fingerprint density at radius 2 is 2.00 bits per heavy atom. The number of hydrogen-bond donors (Lipinski definition) is 2. The van der Waals surface area contributed by atoms with Crippen molar-refractivity contribution in [2.75, 3.05) is 33.4 Å². The number of guanidine groups is 1. The summed E-state index contributed by atoms with van der Waals surface area (Å²) < 4.78 is 5.33. The molecule has 0 aliphatic heterocycles. The fourth-order valence-corrected chi connectivity index (χ4v) is 2.65. The molecule has 1 aromatic carbocycles. The molecule has 0 heterocycles. The summed E-state index contributed by atoms with van der Waals surface area (Å²) in [7, 11) is 1.81. The Labute approximate surface area is 138 Å². The van der Waals surface area contributed by atoms with Gasteiger partial charge in [0.05, 0.1) is 0 Å². The van der Waals surface area contributed by atoms with Crippen LogP contribution in [0.1, 0.15) is 31.7 Å². The van der Waals surface area contributed by atoms with Crippen molar-refractivity contribution in [3.8, 4) is 0 Å². The van der Waals surface area contributed by atoms with Crippen molar-refractivity contribution in [2.24, 2.45) is 4.99 Å². The second-order valence-electron chi connectivity index (χ2n) is 5.69. The predicted octanol–water partition coefficient (Wildman–Crippen LogP) is 2.96. The van der Waals surface area contributed by atoms with Crippen LogP contribution in [0.3, 0.4) is 0 Å². The van der Waals surface area contributed by atoms with Crippen LogP contribution in [0.5, 0.6) is 0 Å². The van der Waals surface area contributed by atoms with Crippen LogP contribution in [0.4, 0.5) is 0 Å². The van der Waals surface area contributed by atoms with Gasteiger partial charge in [0, 0.05) is 43.8 Å². The van der Waals surface area contributed by atoms with E-state index < -0.39 is 0 Å². The minimum Gasteiger partial charge on any atom is -0.382 e. The summed E-state index contributed by atoms with van der Waals surface area (Å²) >= 11 is 5.97. The van der Waals surface area contributed by atoms with Gasteiger partial charge in [-0.25, -0.2) is 0 Å². The van der Waals surface area contributed by atoms with E-state index >= 15 is 0 Å². The van der Waals surface area contributed by atoms with Crippen LogP contribution < -0.4 is 10.6 Å². The first kappa shape index (κ1) is 17.1. The molecule has 5 heteroatoms. The van der Waals surface area contributed by atoms with Gasteiger partial charge in [0.2, 0.25) is 0 Å². The SMILES string of the molecule is CCOCCCNC(=NC)NCC1(c2ccc(Cl)cc2)CC1. The zero-order valence-electron chi connectivity index (χ0n) is 13.5. The van der Waals surface area contributed by atoms with E-state index in [9.17, 15) is 0 Å². The summed E-state index contributed by atoms with van der Waals surface area (Å²) in [5, 5.41) is 7.56. The zero-order chi connectivity index (χ0) is 15.8.